The Hall–Kier alpha value is -3.15. The van der Waals surface area contributed by atoms with E-state index in [1.165, 1.54) is 10.8 Å². The van der Waals surface area contributed by atoms with Crippen molar-refractivity contribution in [3.8, 4) is 0 Å². The summed E-state index contributed by atoms with van der Waals surface area (Å²) in [7, 11) is 0. The molecule has 2 heterocycles. The first-order valence-corrected chi connectivity index (χ1v) is 6.95. The smallest absolute Gasteiger partial charge is 0.304 e. The van der Waals surface area contributed by atoms with Crippen LogP contribution in [0.4, 0.5) is 5.95 Å². The van der Waals surface area contributed by atoms with Crippen molar-refractivity contribution in [1.82, 2.24) is 15.0 Å². The standard InChI is InChI=1S/C16H13N5O/c17-16-19-14-13(15(22)20-16)21(9-18-14)8-10-5-6-11-3-1-2-4-12(11)7-10/h1-7,9H,8H2,(H3,17,19,20,22)/p+1. The van der Waals surface area contributed by atoms with Crippen LogP contribution < -0.4 is 15.9 Å². The van der Waals surface area contributed by atoms with Gasteiger partial charge in [0.2, 0.25) is 12.3 Å². The van der Waals surface area contributed by atoms with Gasteiger partial charge in [-0.25, -0.2) is 9.55 Å². The summed E-state index contributed by atoms with van der Waals surface area (Å²) in [5, 5.41) is 2.37. The highest BCUT2D eigenvalue weighted by atomic mass is 16.1. The van der Waals surface area contributed by atoms with E-state index in [0.29, 0.717) is 17.7 Å². The van der Waals surface area contributed by atoms with Crippen molar-refractivity contribution in [3.63, 3.8) is 0 Å². The molecule has 6 nitrogen and oxygen atoms in total. The molecule has 4 rings (SSSR count). The minimum atomic E-state index is -0.246. The van der Waals surface area contributed by atoms with Gasteiger partial charge in [-0.05, 0) is 22.4 Å². The molecule has 108 valence electrons. The Morgan fingerprint density at radius 1 is 1.14 bits per heavy atom. The molecule has 0 saturated heterocycles. The molecule has 4 aromatic rings. The number of nitrogens with zero attached hydrogens (tertiary/aromatic N) is 2. The molecule has 0 aliphatic carbocycles. The molecule has 0 fully saturated rings. The van der Waals surface area contributed by atoms with Crippen molar-refractivity contribution in [2.75, 3.05) is 5.73 Å². The minimum Gasteiger partial charge on any atom is -0.369 e. The number of nitrogens with one attached hydrogen (secondary N) is 2. The van der Waals surface area contributed by atoms with Crippen LogP contribution in [0.3, 0.4) is 0 Å². The third-order valence-electron chi connectivity index (χ3n) is 3.72. The van der Waals surface area contributed by atoms with Crippen molar-refractivity contribution < 1.29 is 4.57 Å². The van der Waals surface area contributed by atoms with E-state index < -0.39 is 0 Å². The van der Waals surface area contributed by atoms with Gasteiger partial charge in [-0.2, -0.15) is 4.98 Å². The number of hydrogen-bond acceptors (Lipinski definition) is 3. The lowest BCUT2D eigenvalue weighted by molar-refractivity contribution is -0.662. The van der Waals surface area contributed by atoms with Gasteiger partial charge in [0.05, 0.1) is 0 Å². The van der Waals surface area contributed by atoms with E-state index in [4.69, 9.17) is 5.73 Å². The maximum Gasteiger partial charge on any atom is 0.304 e. The summed E-state index contributed by atoms with van der Waals surface area (Å²) in [5.74, 6) is 0.109. The summed E-state index contributed by atoms with van der Waals surface area (Å²) in [6.45, 7) is 0.583. The largest absolute Gasteiger partial charge is 0.369 e. The highest BCUT2D eigenvalue weighted by molar-refractivity contribution is 5.82. The summed E-state index contributed by atoms with van der Waals surface area (Å²) < 4.78 is 1.84. The number of anilines is 1. The van der Waals surface area contributed by atoms with Crippen molar-refractivity contribution >= 4 is 27.9 Å². The van der Waals surface area contributed by atoms with Crippen molar-refractivity contribution in [3.05, 3.63) is 64.7 Å². The fraction of sp³-hybridized carbons (Fsp3) is 0.0625. The number of rotatable bonds is 2. The van der Waals surface area contributed by atoms with Crippen LogP contribution in [0.5, 0.6) is 0 Å². The van der Waals surface area contributed by atoms with E-state index >= 15 is 0 Å². The summed E-state index contributed by atoms with van der Waals surface area (Å²) in [4.78, 5) is 21.7. The van der Waals surface area contributed by atoms with Gasteiger partial charge in [0.15, 0.2) is 0 Å². The SMILES string of the molecule is Nc1nc2[nH]c[n+](Cc3ccc4ccccc4c3)c2c(=O)[nH]1. The van der Waals surface area contributed by atoms with Crippen molar-refractivity contribution in [1.29, 1.82) is 0 Å². The number of nitrogen functional groups attached to an aromatic ring is 1. The summed E-state index contributed by atoms with van der Waals surface area (Å²) in [6, 6.07) is 14.5. The summed E-state index contributed by atoms with van der Waals surface area (Å²) in [5.41, 5.74) is 7.40. The van der Waals surface area contributed by atoms with Gasteiger partial charge < -0.3 is 5.73 Å². The van der Waals surface area contributed by atoms with Crippen LogP contribution in [-0.4, -0.2) is 15.0 Å². The Morgan fingerprint density at radius 3 is 2.82 bits per heavy atom. The maximum atomic E-state index is 12.1. The second-order valence-electron chi connectivity index (χ2n) is 5.23. The third-order valence-corrected chi connectivity index (χ3v) is 3.72. The number of aromatic amines is 2. The number of hydrogen-bond donors (Lipinski definition) is 3. The molecular weight excluding hydrogens is 278 g/mol. The Balaban J connectivity index is 1.80. The van der Waals surface area contributed by atoms with Crippen LogP contribution in [0.25, 0.3) is 21.9 Å². The first kappa shape index (κ1) is 12.6. The Morgan fingerprint density at radius 2 is 1.95 bits per heavy atom. The predicted octanol–water partition coefficient (Wildman–Crippen LogP) is 1.32. The topological polar surface area (TPSA) is 91.4 Å². The van der Waals surface area contributed by atoms with Gasteiger partial charge >= 0.3 is 5.56 Å². The number of aromatic nitrogens is 4. The van der Waals surface area contributed by atoms with Crippen molar-refractivity contribution in [2.24, 2.45) is 0 Å². The highest BCUT2D eigenvalue weighted by Gasteiger charge is 2.16. The molecule has 2 aromatic heterocycles. The second kappa shape index (κ2) is 4.70. The molecule has 6 heteroatoms. The molecule has 0 aliphatic heterocycles. The zero-order valence-corrected chi connectivity index (χ0v) is 11.7. The summed E-state index contributed by atoms with van der Waals surface area (Å²) >= 11 is 0. The zero-order chi connectivity index (χ0) is 15.1. The number of nitrogens with two attached hydrogens (primary N) is 1. The molecule has 0 unspecified atom stereocenters. The van der Waals surface area contributed by atoms with E-state index in [-0.39, 0.29) is 11.5 Å². The van der Waals surface area contributed by atoms with E-state index in [9.17, 15) is 4.79 Å². The number of imidazole rings is 1. The molecule has 0 bridgehead atoms. The van der Waals surface area contributed by atoms with Crippen LogP contribution >= 0.6 is 0 Å². The van der Waals surface area contributed by atoms with Gasteiger partial charge in [0.1, 0.15) is 6.54 Å². The van der Waals surface area contributed by atoms with Crippen LogP contribution in [0, 0.1) is 0 Å². The Bertz CT molecular complexity index is 1050. The Kier molecular flexibility index (Phi) is 2.69. The second-order valence-corrected chi connectivity index (χ2v) is 5.23. The lowest BCUT2D eigenvalue weighted by Crippen LogP contribution is -2.36. The number of fused-ring (bicyclic) bond motifs is 2. The van der Waals surface area contributed by atoms with E-state index in [0.717, 1.165) is 5.56 Å². The van der Waals surface area contributed by atoms with E-state index in [1.807, 2.05) is 16.7 Å². The fourth-order valence-electron chi connectivity index (χ4n) is 2.71. The molecule has 0 atom stereocenters. The van der Waals surface area contributed by atoms with Gasteiger partial charge in [0, 0.05) is 0 Å². The maximum absolute atomic E-state index is 12.1. The first-order valence-electron chi connectivity index (χ1n) is 6.95. The van der Waals surface area contributed by atoms with Gasteiger partial charge in [-0.1, -0.05) is 36.4 Å². The lowest BCUT2D eigenvalue weighted by Gasteiger charge is -2.02. The normalized spacial score (nSPS) is 11.3. The number of H-pyrrole nitrogens is 2. The van der Waals surface area contributed by atoms with Crippen molar-refractivity contribution in [2.45, 2.75) is 6.54 Å². The molecule has 0 spiro atoms. The Labute approximate surface area is 125 Å². The van der Waals surface area contributed by atoms with E-state index in [2.05, 4.69) is 45.3 Å². The van der Waals surface area contributed by atoms with Crippen LogP contribution in [0.15, 0.2) is 53.6 Å². The average molecular weight is 292 g/mol. The molecule has 0 saturated carbocycles. The average Bonchev–Trinajstić information content (AvgIpc) is 2.90. The number of benzene rings is 2. The fourth-order valence-corrected chi connectivity index (χ4v) is 2.71. The van der Waals surface area contributed by atoms with Gasteiger partial charge in [-0.3, -0.25) is 9.78 Å². The van der Waals surface area contributed by atoms with E-state index in [1.54, 1.807) is 6.33 Å². The molecule has 4 N–H and O–H groups in total. The monoisotopic (exact) mass is 292 g/mol. The highest BCUT2D eigenvalue weighted by Crippen LogP contribution is 2.15. The molecule has 0 amide bonds. The first-order chi connectivity index (χ1) is 10.7. The molecule has 0 radical (unpaired) electrons. The molecule has 22 heavy (non-hydrogen) atoms. The third kappa shape index (κ3) is 2.01. The molecule has 2 aromatic carbocycles. The summed E-state index contributed by atoms with van der Waals surface area (Å²) in [6.07, 6.45) is 1.74. The molecular formula is C16H14N5O+. The van der Waals surface area contributed by atoms with Gasteiger partial charge in [-0.15, -0.1) is 0 Å². The van der Waals surface area contributed by atoms with Crippen LogP contribution in [-0.2, 0) is 6.54 Å². The predicted molar refractivity (Wildman–Crippen MR) is 84.4 cm³/mol. The van der Waals surface area contributed by atoms with Crippen LogP contribution in [0.1, 0.15) is 5.56 Å². The minimum absolute atomic E-state index is 0.109. The van der Waals surface area contributed by atoms with Gasteiger partial charge in [0.25, 0.3) is 11.2 Å². The zero-order valence-electron chi connectivity index (χ0n) is 11.7. The lowest BCUT2D eigenvalue weighted by atomic mass is 10.1. The molecule has 0 aliphatic rings. The quantitative estimate of drug-likeness (QED) is 0.487. The van der Waals surface area contributed by atoms with Crippen LogP contribution in [0.2, 0.25) is 0 Å².